The summed E-state index contributed by atoms with van der Waals surface area (Å²) < 4.78 is 0. The first kappa shape index (κ1) is 28.5. The third-order valence-electron chi connectivity index (χ3n) is 5.78. The molecular weight excluding hydrogens is 458 g/mol. The molecule has 36 heavy (non-hydrogen) atoms. The van der Waals surface area contributed by atoms with E-state index < -0.39 is 35.8 Å². The van der Waals surface area contributed by atoms with Crippen molar-refractivity contribution in [2.75, 3.05) is 6.54 Å². The molecule has 9 nitrogen and oxygen atoms in total. The third-order valence-corrected chi connectivity index (χ3v) is 5.78. The Kier molecular flexibility index (Phi) is 11.6. The second-order valence-electron chi connectivity index (χ2n) is 8.94. The van der Waals surface area contributed by atoms with E-state index in [4.69, 9.17) is 11.5 Å². The van der Waals surface area contributed by atoms with Gasteiger partial charge in [0.25, 0.3) is 0 Å². The van der Waals surface area contributed by atoms with Gasteiger partial charge in [-0.2, -0.15) is 0 Å². The Morgan fingerprint density at radius 1 is 0.750 bits per heavy atom. The summed E-state index contributed by atoms with van der Waals surface area (Å²) in [6.45, 7) is 3.74. The van der Waals surface area contributed by atoms with Crippen molar-refractivity contribution in [2.24, 2.45) is 11.5 Å². The lowest BCUT2D eigenvalue weighted by molar-refractivity contribution is -0.133. The van der Waals surface area contributed by atoms with Gasteiger partial charge in [-0.25, -0.2) is 0 Å². The summed E-state index contributed by atoms with van der Waals surface area (Å²) in [6, 6.07) is 14.1. The second kappa shape index (κ2) is 14.6. The molecule has 0 saturated heterocycles. The number of hydrogen-bond acceptors (Lipinski definition) is 5. The Labute approximate surface area is 212 Å². The van der Waals surface area contributed by atoms with E-state index >= 15 is 0 Å². The molecule has 9 heteroatoms. The molecule has 0 aromatic heterocycles. The lowest BCUT2D eigenvalue weighted by Gasteiger charge is -2.25. The number of carbonyl (C=O) groups excluding carboxylic acids is 4. The Morgan fingerprint density at radius 3 is 1.89 bits per heavy atom. The summed E-state index contributed by atoms with van der Waals surface area (Å²) >= 11 is 0. The number of primary amides is 1. The highest BCUT2D eigenvalue weighted by molar-refractivity contribution is 5.94. The van der Waals surface area contributed by atoms with Crippen molar-refractivity contribution >= 4 is 23.6 Å². The standard InChI is InChI=1S/C27H37N5O4/c1-18-11-13-21(14-12-18)17-24(30-19(2)33)27(36)31-22(10-6-7-15-28)26(35)32-23(25(29)34)16-20-8-4-3-5-9-20/h3-5,8-9,11-14,22-24H,6-7,10,15-17,28H2,1-2H3,(H2,29,34)(H,30,33)(H,31,36)(H,32,35). The average Bonchev–Trinajstić information content (AvgIpc) is 2.84. The van der Waals surface area contributed by atoms with Gasteiger partial charge in [-0.1, -0.05) is 60.2 Å². The molecule has 194 valence electrons. The van der Waals surface area contributed by atoms with E-state index in [0.717, 1.165) is 16.7 Å². The Hall–Kier alpha value is -3.72. The Morgan fingerprint density at radius 2 is 1.31 bits per heavy atom. The Balaban J connectivity index is 2.15. The molecule has 0 aliphatic rings. The molecule has 3 unspecified atom stereocenters. The van der Waals surface area contributed by atoms with E-state index in [1.54, 1.807) is 0 Å². The molecule has 4 amide bonds. The van der Waals surface area contributed by atoms with Gasteiger partial charge in [-0.15, -0.1) is 0 Å². The minimum atomic E-state index is -0.937. The zero-order valence-electron chi connectivity index (χ0n) is 21.0. The van der Waals surface area contributed by atoms with Crippen LogP contribution in [0.5, 0.6) is 0 Å². The fourth-order valence-corrected chi connectivity index (χ4v) is 3.79. The van der Waals surface area contributed by atoms with Crippen molar-refractivity contribution in [1.82, 2.24) is 16.0 Å². The number of unbranched alkanes of at least 4 members (excludes halogenated alkanes) is 1. The summed E-state index contributed by atoms with van der Waals surface area (Å²) in [5, 5.41) is 8.12. The van der Waals surface area contributed by atoms with Crippen molar-refractivity contribution in [3.8, 4) is 0 Å². The number of nitrogens with two attached hydrogens (primary N) is 2. The van der Waals surface area contributed by atoms with Crippen LogP contribution in [-0.4, -0.2) is 48.3 Å². The highest BCUT2D eigenvalue weighted by Gasteiger charge is 2.28. The SMILES string of the molecule is CC(=O)NC(Cc1ccc(C)cc1)C(=O)NC(CCCCN)C(=O)NC(Cc1ccccc1)C(N)=O. The van der Waals surface area contributed by atoms with E-state index in [-0.39, 0.29) is 18.7 Å². The maximum absolute atomic E-state index is 13.2. The number of amides is 4. The molecule has 7 N–H and O–H groups in total. The van der Waals surface area contributed by atoms with Gasteiger partial charge < -0.3 is 27.4 Å². The van der Waals surface area contributed by atoms with E-state index in [0.29, 0.717) is 25.8 Å². The molecule has 2 rings (SSSR count). The topological polar surface area (TPSA) is 156 Å². The minimum absolute atomic E-state index is 0.229. The molecule has 2 aromatic rings. The number of carbonyl (C=O) groups is 4. The quantitative estimate of drug-likeness (QED) is 0.246. The van der Waals surface area contributed by atoms with Crippen LogP contribution >= 0.6 is 0 Å². The number of rotatable bonds is 14. The van der Waals surface area contributed by atoms with Crippen LogP contribution in [0.3, 0.4) is 0 Å². The first-order valence-corrected chi connectivity index (χ1v) is 12.2. The third kappa shape index (κ3) is 9.87. The highest BCUT2D eigenvalue weighted by atomic mass is 16.2. The zero-order valence-corrected chi connectivity index (χ0v) is 21.0. The van der Waals surface area contributed by atoms with Crippen LogP contribution in [0.4, 0.5) is 0 Å². The van der Waals surface area contributed by atoms with Crippen LogP contribution in [0.25, 0.3) is 0 Å². The van der Waals surface area contributed by atoms with E-state index in [1.807, 2.05) is 61.5 Å². The fourth-order valence-electron chi connectivity index (χ4n) is 3.79. The summed E-state index contributed by atoms with van der Waals surface area (Å²) in [4.78, 5) is 50.2. The smallest absolute Gasteiger partial charge is 0.243 e. The summed E-state index contributed by atoms with van der Waals surface area (Å²) in [7, 11) is 0. The normalized spacial score (nSPS) is 13.2. The van der Waals surface area contributed by atoms with Crippen molar-refractivity contribution < 1.29 is 19.2 Å². The first-order valence-electron chi connectivity index (χ1n) is 12.2. The van der Waals surface area contributed by atoms with E-state index in [2.05, 4.69) is 16.0 Å². The van der Waals surface area contributed by atoms with Gasteiger partial charge in [0, 0.05) is 19.8 Å². The van der Waals surface area contributed by atoms with Crippen LogP contribution in [0.1, 0.15) is 42.9 Å². The molecule has 0 radical (unpaired) electrons. The van der Waals surface area contributed by atoms with Crippen LogP contribution < -0.4 is 27.4 Å². The molecule has 0 saturated carbocycles. The molecule has 0 heterocycles. The van der Waals surface area contributed by atoms with Crippen molar-refractivity contribution in [2.45, 2.75) is 64.1 Å². The van der Waals surface area contributed by atoms with Gasteiger partial charge in [0.15, 0.2) is 0 Å². The summed E-state index contributed by atoms with van der Waals surface area (Å²) in [6.07, 6.45) is 2.08. The average molecular weight is 496 g/mol. The highest BCUT2D eigenvalue weighted by Crippen LogP contribution is 2.09. The van der Waals surface area contributed by atoms with E-state index in [1.165, 1.54) is 6.92 Å². The number of hydrogen-bond donors (Lipinski definition) is 5. The van der Waals surface area contributed by atoms with Gasteiger partial charge in [0.05, 0.1) is 0 Å². The van der Waals surface area contributed by atoms with E-state index in [9.17, 15) is 19.2 Å². The number of benzene rings is 2. The minimum Gasteiger partial charge on any atom is -0.368 e. The zero-order chi connectivity index (χ0) is 26.5. The summed E-state index contributed by atoms with van der Waals surface area (Å²) in [5.41, 5.74) is 13.9. The first-order chi connectivity index (χ1) is 17.2. The van der Waals surface area contributed by atoms with Crippen molar-refractivity contribution in [1.29, 1.82) is 0 Å². The van der Waals surface area contributed by atoms with Gasteiger partial charge >= 0.3 is 0 Å². The molecule has 0 fully saturated rings. The van der Waals surface area contributed by atoms with Crippen LogP contribution in [0.2, 0.25) is 0 Å². The van der Waals surface area contributed by atoms with Crippen LogP contribution in [0.15, 0.2) is 54.6 Å². The predicted octanol–water partition coefficient (Wildman–Crippen LogP) is 0.869. The maximum Gasteiger partial charge on any atom is 0.243 e. The molecule has 0 bridgehead atoms. The fraction of sp³-hybridized carbons (Fsp3) is 0.407. The summed E-state index contributed by atoms with van der Waals surface area (Å²) in [5.74, 6) is -2.04. The Bertz CT molecular complexity index is 1010. The lowest BCUT2D eigenvalue weighted by Crippen LogP contribution is -2.57. The second-order valence-corrected chi connectivity index (χ2v) is 8.94. The predicted molar refractivity (Wildman–Crippen MR) is 139 cm³/mol. The van der Waals surface area contributed by atoms with Gasteiger partial charge in [0.2, 0.25) is 23.6 Å². The number of aryl methyl sites for hydroxylation is 1. The number of nitrogens with one attached hydrogen (secondary N) is 3. The van der Waals surface area contributed by atoms with Crippen molar-refractivity contribution in [3.63, 3.8) is 0 Å². The van der Waals surface area contributed by atoms with Crippen LogP contribution in [0, 0.1) is 6.92 Å². The van der Waals surface area contributed by atoms with Gasteiger partial charge in [-0.05, 0) is 43.9 Å². The largest absolute Gasteiger partial charge is 0.368 e. The monoisotopic (exact) mass is 495 g/mol. The molecule has 0 aliphatic carbocycles. The van der Waals surface area contributed by atoms with Gasteiger partial charge in [0.1, 0.15) is 18.1 Å². The molecular formula is C27H37N5O4. The van der Waals surface area contributed by atoms with Crippen molar-refractivity contribution in [3.05, 3.63) is 71.3 Å². The van der Waals surface area contributed by atoms with Gasteiger partial charge in [-0.3, -0.25) is 19.2 Å². The lowest BCUT2D eigenvalue weighted by atomic mass is 10.0. The molecule has 2 aromatic carbocycles. The molecule has 3 atom stereocenters. The maximum atomic E-state index is 13.2. The van der Waals surface area contributed by atoms with Crippen LogP contribution in [-0.2, 0) is 32.0 Å². The molecule has 0 spiro atoms. The molecule has 0 aliphatic heterocycles.